The molecule has 1 amide bonds. The summed E-state index contributed by atoms with van der Waals surface area (Å²) in [5.74, 6) is 1.03. The molecule has 0 spiro atoms. The first-order valence-corrected chi connectivity index (χ1v) is 9.56. The van der Waals surface area contributed by atoms with Gasteiger partial charge in [0.2, 0.25) is 0 Å². The maximum absolute atomic E-state index is 13.3. The number of benzene rings is 1. The molecular formula is C19H26N2O2S. The van der Waals surface area contributed by atoms with Crippen molar-refractivity contribution in [3.8, 4) is 5.75 Å². The van der Waals surface area contributed by atoms with Crippen LogP contribution in [0.15, 0.2) is 18.2 Å². The highest BCUT2D eigenvalue weighted by Gasteiger charge is 2.28. The molecule has 0 saturated carbocycles. The van der Waals surface area contributed by atoms with Crippen molar-refractivity contribution >= 4 is 27.3 Å². The molecule has 24 heavy (non-hydrogen) atoms. The van der Waals surface area contributed by atoms with Crippen LogP contribution in [0.25, 0.3) is 10.1 Å². The van der Waals surface area contributed by atoms with E-state index >= 15 is 0 Å². The molecule has 5 heteroatoms. The van der Waals surface area contributed by atoms with E-state index in [1.807, 2.05) is 12.1 Å². The number of nitrogens with zero attached hydrogens (tertiary/aromatic N) is 1. The van der Waals surface area contributed by atoms with E-state index < -0.39 is 0 Å². The summed E-state index contributed by atoms with van der Waals surface area (Å²) >= 11 is 1.61. The molecule has 0 bridgehead atoms. The van der Waals surface area contributed by atoms with Gasteiger partial charge in [0.25, 0.3) is 5.91 Å². The number of hydrogen-bond donors (Lipinski definition) is 1. The SMILES string of the molecule is CCCN(C(=O)c1sc2ccc(OC)cc2c1C)C1CCNCC1. The molecule has 2 heterocycles. The Bertz CT molecular complexity index is 719. The normalized spacial score (nSPS) is 15.6. The van der Waals surface area contributed by atoms with Crippen molar-refractivity contribution in [3.63, 3.8) is 0 Å². The van der Waals surface area contributed by atoms with Crippen molar-refractivity contribution in [1.82, 2.24) is 10.2 Å². The number of piperidine rings is 1. The quantitative estimate of drug-likeness (QED) is 0.895. The van der Waals surface area contributed by atoms with Gasteiger partial charge in [-0.1, -0.05) is 6.92 Å². The molecule has 130 valence electrons. The van der Waals surface area contributed by atoms with Gasteiger partial charge in [-0.25, -0.2) is 0 Å². The molecule has 2 aromatic rings. The molecule has 1 aromatic carbocycles. The van der Waals surface area contributed by atoms with Gasteiger partial charge in [0.05, 0.1) is 12.0 Å². The fourth-order valence-electron chi connectivity index (χ4n) is 3.47. The summed E-state index contributed by atoms with van der Waals surface area (Å²) in [4.78, 5) is 16.3. The van der Waals surface area contributed by atoms with Crippen LogP contribution < -0.4 is 10.1 Å². The molecule has 1 aliphatic rings. The molecule has 3 rings (SSSR count). The van der Waals surface area contributed by atoms with Crippen molar-refractivity contribution in [1.29, 1.82) is 0 Å². The van der Waals surface area contributed by atoms with Crippen LogP contribution in [-0.2, 0) is 0 Å². The van der Waals surface area contributed by atoms with E-state index in [2.05, 4.69) is 30.1 Å². The second-order valence-electron chi connectivity index (χ2n) is 6.40. The summed E-state index contributed by atoms with van der Waals surface area (Å²) in [5.41, 5.74) is 1.08. The summed E-state index contributed by atoms with van der Waals surface area (Å²) < 4.78 is 6.48. The van der Waals surface area contributed by atoms with Gasteiger partial charge in [0, 0.05) is 17.3 Å². The molecule has 0 aliphatic carbocycles. The van der Waals surface area contributed by atoms with Crippen molar-refractivity contribution < 1.29 is 9.53 Å². The van der Waals surface area contributed by atoms with Gasteiger partial charge in [-0.05, 0) is 68.4 Å². The van der Waals surface area contributed by atoms with Crippen molar-refractivity contribution in [3.05, 3.63) is 28.6 Å². The van der Waals surface area contributed by atoms with Crippen LogP contribution in [0.2, 0.25) is 0 Å². The maximum Gasteiger partial charge on any atom is 0.264 e. The lowest BCUT2D eigenvalue weighted by Gasteiger charge is -2.34. The molecular weight excluding hydrogens is 320 g/mol. The van der Waals surface area contributed by atoms with Crippen LogP contribution in [-0.4, -0.2) is 43.6 Å². The number of carbonyl (C=O) groups is 1. The third-order valence-electron chi connectivity index (χ3n) is 4.81. The van der Waals surface area contributed by atoms with Gasteiger partial charge < -0.3 is 15.0 Å². The standard InChI is InChI=1S/C19H26N2O2S/c1-4-11-21(14-7-9-20-10-8-14)19(22)18-13(2)16-12-15(23-3)5-6-17(16)24-18/h5-6,12,14,20H,4,7-11H2,1-3H3. The molecule has 1 N–H and O–H groups in total. The van der Waals surface area contributed by atoms with E-state index in [9.17, 15) is 4.79 Å². The number of fused-ring (bicyclic) bond motifs is 1. The molecule has 1 fully saturated rings. The Labute approximate surface area is 147 Å². The highest BCUT2D eigenvalue weighted by Crippen LogP contribution is 2.34. The number of rotatable bonds is 5. The minimum absolute atomic E-state index is 0.196. The Balaban J connectivity index is 1.94. The molecule has 0 atom stereocenters. The number of ether oxygens (including phenoxy) is 1. The number of thiophene rings is 1. The van der Waals surface area contributed by atoms with Gasteiger partial charge in [-0.2, -0.15) is 0 Å². The zero-order valence-corrected chi connectivity index (χ0v) is 15.5. The topological polar surface area (TPSA) is 41.6 Å². The molecule has 0 unspecified atom stereocenters. The Kier molecular flexibility index (Phi) is 5.41. The van der Waals surface area contributed by atoms with Gasteiger partial charge in [-0.15, -0.1) is 11.3 Å². The van der Waals surface area contributed by atoms with Gasteiger partial charge >= 0.3 is 0 Å². The number of methoxy groups -OCH3 is 1. The van der Waals surface area contributed by atoms with Crippen LogP contribution in [0.1, 0.15) is 41.4 Å². The largest absolute Gasteiger partial charge is 0.497 e. The minimum atomic E-state index is 0.196. The predicted molar refractivity (Wildman–Crippen MR) is 100 cm³/mol. The third kappa shape index (κ3) is 3.28. The van der Waals surface area contributed by atoms with E-state index in [0.29, 0.717) is 6.04 Å². The summed E-state index contributed by atoms with van der Waals surface area (Å²) in [6.45, 7) is 7.03. The fraction of sp³-hybridized carbons (Fsp3) is 0.526. The lowest BCUT2D eigenvalue weighted by atomic mass is 10.0. The Morgan fingerprint density at radius 3 is 2.79 bits per heavy atom. The summed E-state index contributed by atoms with van der Waals surface area (Å²) in [7, 11) is 1.68. The predicted octanol–water partition coefficient (Wildman–Crippen LogP) is 3.82. The van der Waals surface area contributed by atoms with Crippen LogP contribution in [0, 0.1) is 6.92 Å². The third-order valence-corrected chi connectivity index (χ3v) is 6.07. The summed E-state index contributed by atoms with van der Waals surface area (Å²) in [6.07, 6.45) is 3.08. The molecule has 4 nitrogen and oxygen atoms in total. The molecule has 0 radical (unpaired) electrons. The van der Waals surface area contributed by atoms with Crippen molar-refractivity contribution in [2.45, 2.75) is 39.2 Å². The van der Waals surface area contributed by atoms with Crippen LogP contribution >= 0.6 is 11.3 Å². The van der Waals surface area contributed by atoms with Gasteiger partial charge in [-0.3, -0.25) is 4.79 Å². The molecule has 1 aliphatic heterocycles. The second-order valence-corrected chi connectivity index (χ2v) is 7.45. The average molecular weight is 346 g/mol. The first-order valence-electron chi connectivity index (χ1n) is 8.74. The highest BCUT2D eigenvalue weighted by atomic mass is 32.1. The second kappa shape index (κ2) is 7.53. The maximum atomic E-state index is 13.3. The first kappa shape index (κ1) is 17.2. The number of hydrogen-bond acceptors (Lipinski definition) is 4. The van der Waals surface area contributed by atoms with Crippen LogP contribution in [0.3, 0.4) is 0 Å². The monoisotopic (exact) mass is 346 g/mol. The van der Waals surface area contributed by atoms with Gasteiger partial charge in [0.15, 0.2) is 0 Å². The van der Waals surface area contributed by atoms with E-state index in [1.54, 1.807) is 18.4 Å². The molecule has 1 saturated heterocycles. The average Bonchev–Trinajstić information content (AvgIpc) is 2.96. The number of nitrogens with one attached hydrogen (secondary N) is 1. The highest BCUT2D eigenvalue weighted by molar-refractivity contribution is 7.21. The van der Waals surface area contributed by atoms with E-state index in [-0.39, 0.29) is 5.91 Å². The minimum Gasteiger partial charge on any atom is -0.497 e. The van der Waals surface area contributed by atoms with E-state index in [0.717, 1.165) is 65.2 Å². The molecule has 1 aromatic heterocycles. The van der Waals surface area contributed by atoms with Gasteiger partial charge in [0.1, 0.15) is 5.75 Å². The van der Waals surface area contributed by atoms with Crippen molar-refractivity contribution in [2.75, 3.05) is 26.7 Å². The number of aryl methyl sites for hydroxylation is 1. The fourth-order valence-corrected chi connectivity index (χ4v) is 4.62. The smallest absolute Gasteiger partial charge is 0.264 e. The first-order chi connectivity index (χ1) is 11.7. The zero-order valence-electron chi connectivity index (χ0n) is 14.7. The summed E-state index contributed by atoms with van der Waals surface area (Å²) in [5, 5.41) is 4.52. The zero-order chi connectivity index (χ0) is 17.1. The van der Waals surface area contributed by atoms with E-state index in [4.69, 9.17) is 4.74 Å². The summed E-state index contributed by atoms with van der Waals surface area (Å²) in [6, 6.07) is 6.41. The Morgan fingerprint density at radius 1 is 1.38 bits per heavy atom. The van der Waals surface area contributed by atoms with Crippen LogP contribution in [0.5, 0.6) is 5.75 Å². The Morgan fingerprint density at radius 2 is 2.12 bits per heavy atom. The van der Waals surface area contributed by atoms with E-state index in [1.165, 1.54) is 0 Å². The Hall–Kier alpha value is -1.59. The van der Waals surface area contributed by atoms with Crippen LogP contribution in [0.4, 0.5) is 0 Å². The lowest BCUT2D eigenvalue weighted by molar-refractivity contribution is 0.0647. The lowest BCUT2D eigenvalue weighted by Crippen LogP contribution is -2.46. The van der Waals surface area contributed by atoms with Crippen molar-refractivity contribution in [2.24, 2.45) is 0 Å². The number of carbonyl (C=O) groups excluding carboxylic acids is 1. The number of amides is 1.